The van der Waals surface area contributed by atoms with Crippen LogP contribution in [0.15, 0.2) is 36.5 Å². The lowest BCUT2D eigenvalue weighted by molar-refractivity contribution is -0.134. The smallest absolute Gasteiger partial charge is 0.266 e. The molecule has 4 rings (SSSR count). The van der Waals surface area contributed by atoms with Crippen molar-refractivity contribution in [1.82, 2.24) is 14.8 Å². The van der Waals surface area contributed by atoms with E-state index in [0.717, 1.165) is 15.6 Å². The number of thiazole rings is 1. The summed E-state index contributed by atoms with van der Waals surface area (Å²) in [5, 5.41) is 10.0. The van der Waals surface area contributed by atoms with Gasteiger partial charge in [0.15, 0.2) is 9.88 Å². The van der Waals surface area contributed by atoms with E-state index in [0.29, 0.717) is 13.1 Å². The van der Waals surface area contributed by atoms with E-state index in [-0.39, 0.29) is 39.1 Å². The highest BCUT2D eigenvalue weighted by atomic mass is 32.2. The van der Waals surface area contributed by atoms with Crippen molar-refractivity contribution in [2.45, 2.75) is 17.6 Å². The molecule has 0 spiro atoms. The Balaban J connectivity index is 1.42. The molecule has 32 heavy (non-hydrogen) atoms. The predicted molar refractivity (Wildman–Crippen MR) is 123 cm³/mol. The largest absolute Gasteiger partial charge is 0.381 e. The summed E-state index contributed by atoms with van der Waals surface area (Å²) in [5.41, 5.74) is 2.66. The monoisotopic (exact) mass is 478 g/mol. The number of anilines is 1. The molecule has 172 valence electrons. The number of hydroxylamine groups is 1. The minimum atomic E-state index is -3.97. The van der Waals surface area contributed by atoms with Crippen LogP contribution < -0.4 is 10.4 Å². The van der Waals surface area contributed by atoms with Gasteiger partial charge in [-0.3, -0.25) is 10.0 Å². The van der Waals surface area contributed by atoms with E-state index in [1.807, 2.05) is 48.7 Å². The Bertz CT molecular complexity index is 1060. The molecule has 0 bridgehead atoms. The van der Waals surface area contributed by atoms with E-state index in [4.69, 9.17) is 4.74 Å². The van der Waals surface area contributed by atoms with Crippen molar-refractivity contribution >= 4 is 44.6 Å². The molecular formula is C21H26N4O5S2. The summed E-state index contributed by atoms with van der Waals surface area (Å²) in [6.45, 7) is 1.76. The second-order valence-corrected chi connectivity index (χ2v) is 11.0. The lowest BCUT2D eigenvalue weighted by atomic mass is 9.98. The Hall–Kier alpha value is -2.31. The van der Waals surface area contributed by atoms with Gasteiger partial charge in [-0.2, -0.15) is 4.31 Å². The molecule has 1 amide bonds. The lowest BCUT2D eigenvalue weighted by Crippen LogP contribution is -2.62. The third kappa shape index (κ3) is 4.44. The molecule has 2 aliphatic heterocycles. The maximum Gasteiger partial charge on any atom is 0.266 e. The van der Waals surface area contributed by atoms with E-state index in [2.05, 4.69) is 9.88 Å². The van der Waals surface area contributed by atoms with Gasteiger partial charge in [-0.05, 0) is 11.6 Å². The van der Waals surface area contributed by atoms with Crippen molar-refractivity contribution in [3.05, 3.63) is 47.0 Å². The molecule has 2 aliphatic rings. The van der Waals surface area contributed by atoms with Gasteiger partial charge in [0.05, 0.1) is 0 Å². The van der Waals surface area contributed by atoms with Crippen molar-refractivity contribution in [2.75, 3.05) is 44.3 Å². The molecule has 0 atom stereocenters. The number of rotatable bonds is 6. The number of hydrogen-bond donors (Lipinski definition) is 2. The topological polar surface area (TPSA) is 112 Å². The first-order valence-corrected chi connectivity index (χ1v) is 12.7. The van der Waals surface area contributed by atoms with Crippen molar-refractivity contribution in [3.63, 3.8) is 0 Å². The number of aromatic nitrogens is 1. The Morgan fingerprint density at radius 2 is 1.81 bits per heavy atom. The van der Waals surface area contributed by atoms with Crippen LogP contribution in [0.5, 0.6) is 0 Å². The Kier molecular flexibility index (Phi) is 6.91. The van der Waals surface area contributed by atoms with Gasteiger partial charge in [-0.25, -0.2) is 18.9 Å². The number of nitrogens with zero attached hydrogens (tertiary/aromatic N) is 3. The molecule has 0 radical (unpaired) electrons. The molecule has 1 aromatic heterocycles. The number of carbonyl (C=O) groups is 1. The number of hydrogen-bond acceptors (Lipinski definition) is 8. The number of piperazine rings is 1. The zero-order valence-electron chi connectivity index (χ0n) is 17.5. The molecular weight excluding hydrogens is 452 g/mol. The first-order valence-electron chi connectivity index (χ1n) is 10.4. The molecule has 0 unspecified atom stereocenters. The first-order chi connectivity index (χ1) is 15.5. The lowest BCUT2D eigenvalue weighted by Gasteiger charge is -2.41. The molecule has 2 saturated heterocycles. The van der Waals surface area contributed by atoms with Crippen LogP contribution in [0.25, 0.3) is 12.2 Å². The summed E-state index contributed by atoms with van der Waals surface area (Å²) in [6.07, 6.45) is 5.89. The van der Waals surface area contributed by atoms with Gasteiger partial charge in [-0.1, -0.05) is 47.7 Å². The Labute approximate surface area is 191 Å². The summed E-state index contributed by atoms with van der Waals surface area (Å²) in [6, 6.07) is 10.0. The fourth-order valence-corrected chi connectivity index (χ4v) is 6.98. The zero-order valence-corrected chi connectivity index (χ0v) is 19.1. The van der Waals surface area contributed by atoms with Crippen molar-refractivity contribution in [2.24, 2.45) is 0 Å². The van der Waals surface area contributed by atoms with E-state index >= 15 is 0 Å². The van der Waals surface area contributed by atoms with Gasteiger partial charge >= 0.3 is 0 Å². The Morgan fingerprint density at radius 1 is 1.12 bits per heavy atom. The van der Waals surface area contributed by atoms with Crippen LogP contribution in [-0.2, 0) is 19.6 Å². The van der Waals surface area contributed by atoms with Crippen molar-refractivity contribution < 1.29 is 23.2 Å². The molecule has 2 fully saturated rings. The summed E-state index contributed by atoms with van der Waals surface area (Å²) < 4.78 is 31.7. The molecule has 0 aliphatic carbocycles. The maximum absolute atomic E-state index is 13.4. The predicted octanol–water partition coefficient (Wildman–Crippen LogP) is 1.82. The first kappa shape index (κ1) is 22.9. The molecule has 11 heteroatoms. The molecule has 0 saturated carbocycles. The zero-order chi connectivity index (χ0) is 22.6. The maximum atomic E-state index is 13.4. The van der Waals surface area contributed by atoms with E-state index in [1.54, 1.807) is 16.8 Å². The van der Waals surface area contributed by atoms with Gasteiger partial charge in [0.1, 0.15) is 0 Å². The second kappa shape index (κ2) is 9.67. The van der Waals surface area contributed by atoms with Crippen LogP contribution in [-0.4, -0.2) is 73.0 Å². The number of sulfonamides is 1. The summed E-state index contributed by atoms with van der Waals surface area (Å²) in [5.74, 6) is -0.891. The minimum absolute atomic E-state index is 0.0194. The summed E-state index contributed by atoms with van der Waals surface area (Å²) in [4.78, 5) is 19.9. The molecule has 2 aromatic rings. The van der Waals surface area contributed by atoms with E-state index in [1.165, 1.54) is 4.31 Å². The normalized spacial score (nSPS) is 19.8. The third-order valence-corrected chi connectivity index (χ3v) is 9.56. The van der Waals surface area contributed by atoms with Gasteiger partial charge < -0.3 is 9.64 Å². The molecule has 2 N–H and O–H groups in total. The quantitative estimate of drug-likeness (QED) is 0.481. The highest BCUT2D eigenvalue weighted by Crippen LogP contribution is 2.34. The van der Waals surface area contributed by atoms with Crippen LogP contribution in [0.1, 0.15) is 23.3 Å². The minimum Gasteiger partial charge on any atom is -0.381 e. The van der Waals surface area contributed by atoms with Gasteiger partial charge in [0.25, 0.3) is 5.91 Å². The SMILES string of the molecule is O=C(NO)C1(S(=O)(=O)N2CCN(c3ncc(/C=C/c4ccccc4)s3)CC2)CCOCC1. The van der Waals surface area contributed by atoms with Crippen LogP contribution in [0, 0.1) is 0 Å². The van der Waals surface area contributed by atoms with Gasteiger partial charge in [0.2, 0.25) is 10.0 Å². The number of benzene rings is 1. The number of ether oxygens (including phenoxy) is 1. The fraction of sp³-hybridized carbons (Fsp3) is 0.429. The number of carbonyl (C=O) groups excluding carboxylic acids is 1. The third-order valence-electron chi connectivity index (χ3n) is 5.91. The number of amides is 1. The fourth-order valence-electron chi connectivity index (χ4n) is 4.01. The average Bonchev–Trinajstić information content (AvgIpc) is 3.32. The van der Waals surface area contributed by atoms with Crippen LogP contribution in [0.4, 0.5) is 5.13 Å². The second-order valence-electron chi connectivity index (χ2n) is 7.73. The molecule has 3 heterocycles. The van der Waals surface area contributed by atoms with Crippen molar-refractivity contribution in [1.29, 1.82) is 0 Å². The van der Waals surface area contributed by atoms with E-state index < -0.39 is 20.7 Å². The van der Waals surface area contributed by atoms with E-state index in [9.17, 15) is 18.4 Å². The highest BCUT2D eigenvalue weighted by Gasteiger charge is 2.54. The summed E-state index contributed by atoms with van der Waals surface area (Å²) in [7, 11) is -3.97. The summed E-state index contributed by atoms with van der Waals surface area (Å²) >= 11 is 1.55. The van der Waals surface area contributed by atoms with Gasteiger partial charge in [-0.15, -0.1) is 0 Å². The average molecular weight is 479 g/mol. The Morgan fingerprint density at radius 3 is 2.47 bits per heavy atom. The van der Waals surface area contributed by atoms with Crippen LogP contribution in [0.3, 0.4) is 0 Å². The van der Waals surface area contributed by atoms with Crippen LogP contribution in [0.2, 0.25) is 0 Å². The highest BCUT2D eigenvalue weighted by molar-refractivity contribution is 7.91. The standard InChI is InChI=1S/C21H26N4O5S2/c26-19(23-27)21(8-14-30-15-9-21)32(28,29)25-12-10-24(11-13-25)20-22-16-18(31-20)7-6-17-4-2-1-3-5-17/h1-7,16,27H,8-15H2,(H,23,26)/b7-6+. The van der Waals surface area contributed by atoms with Crippen molar-refractivity contribution in [3.8, 4) is 0 Å². The van der Waals surface area contributed by atoms with Crippen LogP contribution >= 0.6 is 11.3 Å². The van der Waals surface area contributed by atoms with Gasteiger partial charge in [0, 0.05) is 63.3 Å². The molecule has 1 aromatic carbocycles. The molecule has 9 nitrogen and oxygen atoms in total. The number of nitrogens with one attached hydrogen (secondary N) is 1.